The smallest absolute Gasteiger partial charge is 0.214 e. The molecule has 10 nitrogen and oxygen atoms in total. The summed E-state index contributed by atoms with van der Waals surface area (Å²) in [5, 5.41) is 18.1. The lowest BCUT2D eigenvalue weighted by Gasteiger charge is -2.28. The van der Waals surface area contributed by atoms with Gasteiger partial charge < -0.3 is 23.7 Å². The highest BCUT2D eigenvalue weighted by Crippen LogP contribution is 2.41. The summed E-state index contributed by atoms with van der Waals surface area (Å²) in [6.07, 6.45) is 1.32. The van der Waals surface area contributed by atoms with Crippen LogP contribution in [-0.4, -0.2) is 79.4 Å². The quantitative estimate of drug-likeness (QED) is 0.296. The predicted molar refractivity (Wildman–Crippen MR) is 119 cm³/mol. The molecule has 0 unspecified atom stereocenters. The molecular weight excluding hydrogens is 430 g/mol. The monoisotopic (exact) mass is 463 g/mol. The van der Waals surface area contributed by atoms with Gasteiger partial charge >= 0.3 is 0 Å². The molecule has 3 heterocycles. The predicted octanol–water partition coefficient (Wildman–Crippen LogP) is 2.44. The van der Waals surface area contributed by atoms with Crippen LogP contribution in [0.15, 0.2) is 35.4 Å². The second-order valence-corrected chi connectivity index (χ2v) is 9.19. The zero-order valence-corrected chi connectivity index (χ0v) is 19.4. The average molecular weight is 464 g/mol. The lowest BCUT2D eigenvalue weighted by atomic mass is 9.97. The van der Waals surface area contributed by atoms with Crippen LogP contribution >= 0.6 is 0 Å². The SMILES string of the molecule is COC[C@@H]1CCCN1/N=C/[C@@H](C[N+](=O)[O-])[C@H]1O[C@@H]2OC(C)(C)O[C@@H]2[C@H]1OCc1ccccc1. The van der Waals surface area contributed by atoms with Gasteiger partial charge in [-0.25, -0.2) is 0 Å². The second-order valence-electron chi connectivity index (χ2n) is 9.19. The largest absolute Gasteiger partial charge is 0.382 e. The minimum atomic E-state index is -0.815. The van der Waals surface area contributed by atoms with Crippen LogP contribution in [0.25, 0.3) is 0 Å². The average Bonchev–Trinajstić information content (AvgIpc) is 3.42. The van der Waals surface area contributed by atoms with E-state index in [9.17, 15) is 10.1 Å². The summed E-state index contributed by atoms with van der Waals surface area (Å²) in [6, 6.07) is 9.93. The molecule has 0 saturated carbocycles. The van der Waals surface area contributed by atoms with Gasteiger partial charge in [0.1, 0.15) is 18.3 Å². The molecule has 4 rings (SSSR count). The molecule has 3 aliphatic rings. The lowest BCUT2D eigenvalue weighted by molar-refractivity contribution is -0.487. The molecule has 0 radical (unpaired) electrons. The van der Waals surface area contributed by atoms with Crippen molar-refractivity contribution in [3.8, 4) is 0 Å². The highest BCUT2D eigenvalue weighted by atomic mass is 16.8. The lowest BCUT2D eigenvalue weighted by Crippen LogP contribution is -2.43. The molecule has 33 heavy (non-hydrogen) atoms. The van der Waals surface area contributed by atoms with Crippen molar-refractivity contribution in [2.24, 2.45) is 11.0 Å². The topological polar surface area (TPSA) is 105 Å². The standard InChI is InChI=1S/C23H33N3O7/c1-23(2)32-21-20(30-14-16-8-5-4-6-9-16)19(31-22(21)33-23)17(13-26(27)28)12-24-25-11-7-10-18(25)15-29-3/h4-6,8-9,12,17-22H,7,10-11,13-15H2,1-3H3/b24-12+/t17-,18-,19+,20-,21+,22+/m0/s1. The minimum absolute atomic E-state index is 0.170. The normalized spacial score (nSPS) is 31.8. The van der Waals surface area contributed by atoms with E-state index >= 15 is 0 Å². The Morgan fingerprint density at radius 2 is 2.12 bits per heavy atom. The third-order valence-electron chi connectivity index (χ3n) is 6.21. The van der Waals surface area contributed by atoms with E-state index in [0.717, 1.165) is 24.9 Å². The van der Waals surface area contributed by atoms with Crippen molar-refractivity contribution in [3.63, 3.8) is 0 Å². The molecule has 0 aromatic heterocycles. The maximum atomic E-state index is 11.5. The maximum Gasteiger partial charge on any atom is 0.214 e. The van der Waals surface area contributed by atoms with E-state index in [0.29, 0.717) is 13.2 Å². The molecule has 6 atom stereocenters. The van der Waals surface area contributed by atoms with Crippen LogP contribution in [-0.2, 0) is 30.3 Å². The number of fused-ring (bicyclic) bond motifs is 1. The Morgan fingerprint density at radius 1 is 1.33 bits per heavy atom. The summed E-state index contributed by atoms with van der Waals surface area (Å²) in [6.45, 7) is 5.00. The van der Waals surface area contributed by atoms with Crippen LogP contribution in [0.2, 0.25) is 0 Å². The van der Waals surface area contributed by atoms with Crippen LogP contribution in [0.1, 0.15) is 32.3 Å². The fourth-order valence-corrected chi connectivity index (χ4v) is 4.72. The van der Waals surface area contributed by atoms with E-state index in [1.54, 1.807) is 13.3 Å². The summed E-state index contributed by atoms with van der Waals surface area (Å²) >= 11 is 0. The Kier molecular flexibility index (Phi) is 7.60. The van der Waals surface area contributed by atoms with E-state index in [2.05, 4.69) is 5.10 Å². The van der Waals surface area contributed by atoms with Crippen molar-refractivity contribution in [3.05, 3.63) is 46.0 Å². The van der Waals surface area contributed by atoms with Crippen molar-refractivity contribution < 1.29 is 28.6 Å². The third-order valence-corrected chi connectivity index (χ3v) is 6.21. The first-order valence-corrected chi connectivity index (χ1v) is 11.4. The molecule has 3 fully saturated rings. The Balaban J connectivity index is 1.53. The summed E-state index contributed by atoms with van der Waals surface area (Å²) in [5.41, 5.74) is 0.997. The Bertz CT molecular complexity index is 822. The first-order valence-electron chi connectivity index (χ1n) is 11.4. The Morgan fingerprint density at radius 3 is 2.85 bits per heavy atom. The van der Waals surface area contributed by atoms with Gasteiger partial charge in [0.05, 0.1) is 25.2 Å². The molecule has 10 heteroatoms. The van der Waals surface area contributed by atoms with Gasteiger partial charge in [0.25, 0.3) is 0 Å². The molecule has 0 aliphatic carbocycles. The minimum Gasteiger partial charge on any atom is -0.382 e. The van der Waals surface area contributed by atoms with Gasteiger partial charge in [0, 0.05) is 24.8 Å². The molecule has 1 aromatic carbocycles. The number of nitro groups is 1. The van der Waals surface area contributed by atoms with Gasteiger partial charge in [-0.3, -0.25) is 15.1 Å². The number of hydrogen-bond donors (Lipinski definition) is 0. The number of benzene rings is 1. The van der Waals surface area contributed by atoms with Gasteiger partial charge in [-0.15, -0.1) is 0 Å². The van der Waals surface area contributed by atoms with Crippen LogP contribution < -0.4 is 0 Å². The van der Waals surface area contributed by atoms with E-state index in [1.807, 2.05) is 49.2 Å². The van der Waals surface area contributed by atoms with Gasteiger partial charge in [-0.05, 0) is 32.3 Å². The molecule has 1 aromatic rings. The molecule has 0 bridgehead atoms. The Labute approximate surface area is 193 Å². The van der Waals surface area contributed by atoms with E-state index in [4.69, 9.17) is 23.7 Å². The number of hydrazone groups is 1. The zero-order chi connectivity index (χ0) is 23.4. The number of ether oxygens (including phenoxy) is 5. The van der Waals surface area contributed by atoms with Crippen LogP contribution in [0.3, 0.4) is 0 Å². The van der Waals surface area contributed by atoms with E-state index < -0.39 is 36.3 Å². The first kappa shape index (κ1) is 24.0. The van der Waals surface area contributed by atoms with Gasteiger partial charge in [-0.2, -0.15) is 5.10 Å². The molecule has 3 aliphatic heterocycles. The summed E-state index contributed by atoms with van der Waals surface area (Å²) in [7, 11) is 1.66. The number of rotatable bonds is 10. The van der Waals surface area contributed by atoms with Gasteiger partial charge in [-0.1, -0.05) is 30.3 Å². The third kappa shape index (κ3) is 5.88. The van der Waals surface area contributed by atoms with Crippen molar-refractivity contribution in [1.82, 2.24) is 5.01 Å². The van der Waals surface area contributed by atoms with Crippen molar-refractivity contribution in [2.75, 3.05) is 26.8 Å². The molecule has 0 amide bonds. The molecule has 182 valence electrons. The number of nitrogens with zero attached hydrogens (tertiary/aromatic N) is 3. The van der Waals surface area contributed by atoms with Crippen molar-refractivity contribution in [1.29, 1.82) is 0 Å². The number of methoxy groups -OCH3 is 1. The summed E-state index contributed by atoms with van der Waals surface area (Å²) in [5.74, 6) is -1.42. The van der Waals surface area contributed by atoms with E-state index in [1.165, 1.54) is 0 Å². The molecule has 0 spiro atoms. The fraction of sp³-hybridized carbons (Fsp3) is 0.696. The first-order chi connectivity index (χ1) is 15.9. The van der Waals surface area contributed by atoms with Gasteiger partial charge in [0.15, 0.2) is 12.1 Å². The molecule has 3 saturated heterocycles. The Hall–Kier alpha value is -2.11. The van der Waals surface area contributed by atoms with Crippen molar-refractivity contribution >= 4 is 6.21 Å². The van der Waals surface area contributed by atoms with Gasteiger partial charge in [0.2, 0.25) is 6.54 Å². The molecule has 0 N–H and O–H groups in total. The highest BCUT2D eigenvalue weighted by molar-refractivity contribution is 5.62. The van der Waals surface area contributed by atoms with E-state index in [-0.39, 0.29) is 17.5 Å². The zero-order valence-electron chi connectivity index (χ0n) is 19.4. The van der Waals surface area contributed by atoms with Crippen LogP contribution in [0.4, 0.5) is 0 Å². The highest BCUT2D eigenvalue weighted by Gasteiger charge is 2.57. The number of hydrogen-bond acceptors (Lipinski definition) is 9. The maximum absolute atomic E-state index is 11.5. The molecular formula is C23H33N3O7. The van der Waals surface area contributed by atoms with Crippen molar-refractivity contribution in [2.45, 2.75) is 69.7 Å². The summed E-state index contributed by atoms with van der Waals surface area (Å²) < 4.78 is 29.7. The van der Waals surface area contributed by atoms with Crippen LogP contribution in [0, 0.1) is 16.0 Å². The second kappa shape index (κ2) is 10.4. The fourth-order valence-electron chi connectivity index (χ4n) is 4.72. The van der Waals surface area contributed by atoms with Crippen LogP contribution in [0.5, 0.6) is 0 Å². The summed E-state index contributed by atoms with van der Waals surface area (Å²) in [4.78, 5) is 11.2.